The van der Waals surface area contributed by atoms with E-state index in [1.54, 1.807) is 0 Å². The summed E-state index contributed by atoms with van der Waals surface area (Å²) in [5, 5.41) is 9.79. The van der Waals surface area contributed by atoms with E-state index in [1.807, 2.05) is 6.92 Å². The lowest BCUT2D eigenvalue weighted by molar-refractivity contribution is 1.05. The highest BCUT2D eigenvalue weighted by Gasteiger charge is 2.05. The van der Waals surface area contributed by atoms with Gasteiger partial charge in [-0.2, -0.15) is 5.10 Å². The molecule has 0 saturated heterocycles. The second-order valence-electron chi connectivity index (χ2n) is 3.96. The summed E-state index contributed by atoms with van der Waals surface area (Å²) in [6, 6.07) is 16.8. The van der Waals surface area contributed by atoms with Gasteiger partial charge in [0.1, 0.15) is 0 Å². The fourth-order valence-electron chi connectivity index (χ4n) is 2.00. The molecule has 2 nitrogen and oxygen atoms in total. The number of nitrogens with zero attached hydrogens (tertiary/aromatic N) is 1. The van der Waals surface area contributed by atoms with Crippen molar-refractivity contribution in [1.29, 1.82) is 0 Å². The number of aromatic amines is 1. The highest BCUT2D eigenvalue weighted by molar-refractivity contribution is 5.95. The van der Waals surface area contributed by atoms with Gasteiger partial charge in [-0.15, -0.1) is 0 Å². The van der Waals surface area contributed by atoms with E-state index in [9.17, 15) is 0 Å². The summed E-state index contributed by atoms with van der Waals surface area (Å²) in [4.78, 5) is 0. The van der Waals surface area contributed by atoms with Crippen molar-refractivity contribution in [1.82, 2.24) is 10.2 Å². The number of nitrogens with one attached hydrogen (secondary N) is 1. The van der Waals surface area contributed by atoms with Gasteiger partial charge in [0.25, 0.3) is 0 Å². The number of fused-ring (bicyclic) bond motifs is 1. The smallest absolute Gasteiger partial charge is 0.0929 e. The van der Waals surface area contributed by atoms with Gasteiger partial charge in [-0.25, -0.2) is 0 Å². The number of hydrogen-bond acceptors (Lipinski definition) is 1. The van der Waals surface area contributed by atoms with Gasteiger partial charge >= 0.3 is 0 Å². The Bertz CT molecular complexity index is 633. The average molecular weight is 208 g/mol. The van der Waals surface area contributed by atoms with Crippen LogP contribution in [0.3, 0.4) is 0 Å². The molecule has 0 saturated carbocycles. The number of aryl methyl sites for hydroxylation is 1. The zero-order valence-corrected chi connectivity index (χ0v) is 9.07. The van der Waals surface area contributed by atoms with Crippen molar-refractivity contribution in [3.63, 3.8) is 0 Å². The molecule has 2 heteroatoms. The van der Waals surface area contributed by atoms with Crippen LogP contribution in [0.2, 0.25) is 0 Å². The Labute approximate surface area is 93.9 Å². The zero-order valence-electron chi connectivity index (χ0n) is 9.07. The van der Waals surface area contributed by atoms with Gasteiger partial charge in [0.05, 0.1) is 5.69 Å². The van der Waals surface area contributed by atoms with Gasteiger partial charge in [0.15, 0.2) is 0 Å². The van der Waals surface area contributed by atoms with Crippen LogP contribution in [0.5, 0.6) is 0 Å². The summed E-state index contributed by atoms with van der Waals surface area (Å²) in [7, 11) is 0. The van der Waals surface area contributed by atoms with Crippen LogP contribution < -0.4 is 0 Å². The van der Waals surface area contributed by atoms with Gasteiger partial charge in [-0.3, -0.25) is 5.10 Å². The first-order valence-corrected chi connectivity index (χ1v) is 5.35. The molecule has 0 aliphatic heterocycles. The quantitative estimate of drug-likeness (QED) is 0.651. The van der Waals surface area contributed by atoms with Gasteiger partial charge in [0.2, 0.25) is 0 Å². The van der Waals surface area contributed by atoms with Crippen molar-refractivity contribution < 1.29 is 0 Å². The topological polar surface area (TPSA) is 28.7 Å². The van der Waals surface area contributed by atoms with Crippen molar-refractivity contribution >= 4 is 10.8 Å². The molecule has 16 heavy (non-hydrogen) atoms. The minimum atomic E-state index is 1.01. The maximum Gasteiger partial charge on any atom is 0.0929 e. The first-order chi connectivity index (χ1) is 7.84. The fourth-order valence-corrected chi connectivity index (χ4v) is 2.00. The lowest BCUT2D eigenvalue weighted by atomic mass is 10.0. The molecular weight excluding hydrogens is 196 g/mol. The van der Waals surface area contributed by atoms with Gasteiger partial charge in [-0.05, 0) is 23.8 Å². The Kier molecular flexibility index (Phi) is 2.00. The summed E-state index contributed by atoms with van der Waals surface area (Å²) in [6.45, 7) is 2.02. The normalized spacial score (nSPS) is 10.8. The standard InChI is InChI=1S/C14H12N2/c1-10-9-14(16-15-10)13-8-4-6-11-5-2-3-7-12(11)13/h2-9H,1H3,(H,15,16). The second-order valence-corrected chi connectivity index (χ2v) is 3.96. The molecule has 0 amide bonds. The molecule has 0 aliphatic rings. The predicted molar refractivity (Wildman–Crippen MR) is 66.3 cm³/mol. The lowest BCUT2D eigenvalue weighted by Crippen LogP contribution is -1.80. The van der Waals surface area contributed by atoms with E-state index in [2.05, 4.69) is 58.7 Å². The van der Waals surface area contributed by atoms with Crippen LogP contribution in [-0.4, -0.2) is 10.2 Å². The highest BCUT2D eigenvalue weighted by atomic mass is 15.1. The summed E-state index contributed by atoms with van der Waals surface area (Å²) in [6.07, 6.45) is 0. The monoisotopic (exact) mass is 208 g/mol. The molecule has 0 atom stereocenters. The molecule has 1 aromatic heterocycles. The summed E-state index contributed by atoms with van der Waals surface area (Å²) in [5.41, 5.74) is 3.28. The van der Waals surface area contributed by atoms with Gasteiger partial charge in [0, 0.05) is 11.3 Å². The van der Waals surface area contributed by atoms with E-state index in [1.165, 1.54) is 16.3 Å². The summed E-state index contributed by atoms with van der Waals surface area (Å²) in [5.74, 6) is 0. The molecule has 3 aromatic rings. The molecule has 0 aliphatic carbocycles. The van der Waals surface area contributed by atoms with Crippen molar-refractivity contribution in [3.8, 4) is 11.3 Å². The van der Waals surface area contributed by atoms with Crippen molar-refractivity contribution in [2.75, 3.05) is 0 Å². The molecule has 0 radical (unpaired) electrons. The van der Waals surface area contributed by atoms with Gasteiger partial charge < -0.3 is 0 Å². The number of aromatic nitrogens is 2. The van der Waals surface area contributed by atoms with E-state index >= 15 is 0 Å². The molecule has 0 spiro atoms. The highest BCUT2D eigenvalue weighted by Crippen LogP contribution is 2.27. The van der Waals surface area contributed by atoms with Crippen LogP contribution in [0.1, 0.15) is 5.69 Å². The van der Waals surface area contributed by atoms with E-state index in [0.717, 1.165) is 11.4 Å². The Morgan fingerprint density at radius 2 is 1.81 bits per heavy atom. The van der Waals surface area contributed by atoms with Crippen LogP contribution >= 0.6 is 0 Å². The molecule has 2 aromatic carbocycles. The molecular formula is C14H12N2. The maximum atomic E-state index is 4.31. The zero-order chi connectivity index (χ0) is 11.0. The van der Waals surface area contributed by atoms with Crippen molar-refractivity contribution in [2.45, 2.75) is 6.92 Å². The molecule has 78 valence electrons. The Morgan fingerprint density at radius 3 is 2.62 bits per heavy atom. The lowest BCUT2D eigenvalue weighted by Gasteiger charge is -2.02. The molecule has 1 heterocycles. The molecule has 0 unspecified atom stereocenters. The third kappa shape index (κ3) is 1.39. The SMILES string of the molecule is Cc1cc(-c2cccc3ccccc23)n[nH]1. The summed E-state index contributed by atoms with van der Waals surface area (Å²) >= 11 is 0. The minimum absolute atomic E-state index is 1.01. The maximum absolute atomic E-state index is 4.31. The third-order valence-corrected chi connectivity index (χ3v) is 2.77. The minimum Gasteiger partial charge on any atom is -0.282 e. The van der Waals surface area contributed by atoms with E-state index in [0.29, 0.717) is 0 Å². The van der Waals surface area contributed by atoms with E-state index < -0.39 is 0 Å². The van der Waals surface area contributed by atoms with Crippen molar-refractivity contribution in [2.24, 2.45) is 0 Å². The fraction of sp³-hybridized carbons (Fsp3) is 0.0714. The van der Waals surface area contributed by atoms with Crippen LogP contribution in [0.4, 0.5) is 0 Å². The Hall–Kier alpha value is -2.09. The first-order valence-electron chi connectivity index (χ1n) is 5.35. The number of benzene rings is 2. The number of rotatable bonds is 1. The number of hydrogen-bond donors (Lipinski definition) is 1. The van der Waals surface area contributed by atoms with Crippen LogP contribution in [-0.2, 0) is 0 Å². The van der Waals surface area contributed by atoms with Gasteiger partial charge in [-0.1, -0.05) is 42.5 Å². The van der Waals surface area contributed by atoms with Crippen molar-refractivity contribution in [3.05, 3.63) is 54.2 Å². The summed E-state index contributed by atoms with van der Waals surface area (Å²) < 4.78 is 0. The Balaban J connectivity index is 2.31. The predicted octanol–water partition coefficient (Wildman–Crippen LogP) is 3.54. The molecule has 0 fully saturated rings. The van der Waals surface area contributed by atoms with Crippen LogP contribution in [0.25, 0.3) is 22.0 Å². The van der Waals surface area contributed by atoms with E-state index in [4.69, 9.17) is 0 Å². The van der Waals surface area contributed by atoms with Crippen LogP contribution in [0, 0.1) is 6.92 Å². The largest absolute Gasteiger partial charge is 0.282 e. The first kappa shape index (κ1) is 9.16. The Morgan fingerprint density at radius 1 is 1.00 bits per heavy atom. The molecule has 1 N–H and O–H groups in total. The third-order valence-electron chi connectivity index (χ3n) is 2.77. The number of H-pyrrole nitrogens is 1. The molecule has 3 rings (SSSR count). The second kappa shape index (κ2) is 3.49. The van der Waals surface area contributed by atoms with E-state index in [-0.39, 0.29) is 0 Å². The van der Waals surface area contributed by atoms with Crippen LogP contribution in [0.15, 0.2) is 48.5 Å². The molecule has 0 bridgehead atoms. The average Bonchev–Trinajstić information content (AvgIpc) is 2.75.